The predicted octanol–water partition coefficient (Wildman–Crippen LogP) is 2.72. The van der Waals surface area contributed by atoms with Crippen LogP contribution in [0.15, 0.2) is 24.3 Å². The van der Waals surface area contributed by atoms with Gasteiger partial charge in [0.05, 0.1) is 6.61 Å². The van der Waals surface area contributed by atoms with Crippen molar-refractivity contribution in [2.75, 3.05) is 6.61 Å². The number of hydrogen-bond donors (Lipinski definition) is 1. The fourth-order valence-electron chi connectivity index (χ4n) is 1.30. The van der Waals surface area contributed by atoms with Gasteiger partial charge in [0.25, 0.3) is 0 Å². The molecule has 0 fully saturated rings. The van der Waals surface area contributed by atoms with E-state index in [1.807, 2.05) is 0 Å². The van der Waals surface area contributed by atoms with Gasteiger partial charge in [-0.15, -0.1) is 0 Å². The van der Waals surface area contributed by atoms with Crippen molar-refractivity contribution in [1.82, 2.24) is 0 Å². The molecule has 0 saturated heterocycles. The lowest BCUT2D eigenvalue weighted by Crippen LogP contribution is -2.19. The highest BCUT2D eigenvalue weighted by atomic mass is 19.1. The molecule has 0 aliphatic carbocycles. The standard InChI is InChI=1S/C12H18FNO/c1-2-11(14)6-4-8-15-12-7-3-5-10(13)9-12/h3,5,7,9,11H,2,4,6,8,14H2,1H3. The second kappa shape index (κ2) is 6.40. The summed E-state index contributed by atoms with van der Waals surface area (Å²) in [6, 6.07) is 6.44. The van der Waals surface area contributed by atoms with Crippen LogP contribution in [0.4, 0.5) is 4.39 Å². The lowest BCUT2D eigenvalue weighted by atomic mass is 10.1. The molecular weight excluding hydrogens is 193 g/mol. The average Bonchev–Trinajstić information content (AvgIpc) is 2.24. The minimum absolute atomic E-state index is 0.251. The van der Waals surface area contributed by atoms with Crippen LogP contribution in [0.25, 0.3) is 0 Å². The summed E-state index contributed by atoms with van der Waals surface area (Å²) in [6.07, 6.45) is 2.84. The number of halogens is 1. The lowest BCUT2D eigenvalue weighted by molar-refractivity contribution is 0.299. The molecule has 1 unspecified atom stereocenters. The molecule has 0 aliphatic heterocycles. The molecule has 84 valence electrons. The Morgan fingerprint density at radius 2 is 2.27 bits per heavy atom. The highest BCUT2D eigenvalue weighted by Gasteiger charge is 1.99. The monoisotopic (exact) mass is 211 g/mol. The molecule has 0 amide bonds. The molecule has 0 spiro atoms. The Morgan fingerprint density at radius 3 is 2.93 bits per heavy atom. The van der Waals surface area contributed by atoms with Crippen molar-refractivity contribution in [3.63, 3.8) is 0 Å². The van der Waals surface area contributed by atoms with Gasteiger partial charge in [0.15, 0.2) is 0 Å². The van der Waals surface area contributed by atoms with Crippen LogP contribution in [-0.2, 0) is 0 Å². The van der Waals surface area contributed by atoms with Gasteiger partial charge in [-0.05, 0) is 31.4 Å². The minimum Gasteiger partial charge on any atom is -0.493 e. The first-order chi connectivity index (χ1) is 7.22. The first kappa shape index (κ1) is 12.0. The molecule has 0 heterocycles. The molecule has 2 nitrogen and oxygen atoms in total. The van der Waals surface area contributed by atoms with Gasteiger partial charge in [-0.3, -0.25) is 0 Å². The molecule has 15 heavy (non-hydrogen) atoms. The SMILES string of the molecule is CCC(N)CCCOc1cccc(F)c1. The molecule has 0 saturated carbocycles. The van der Waals surface area contributed by atoms with E-state index in [4.69, 9.17) is 10.5 Å². The summed E-state index contributed by atoms with van der Waals surface area (Å²) in [7, 11) is 0. The number of benzene rings is 1. The molecule has 1 aromatic carbocycles. The third kappa shape index (κ3) is 4.79. The summed E-state index contributed by atoms with van der Waals surface area (Å²) in [6.45, 7) is 2.66. The second-order valence-corrected chi connectivity index (χ2v) is 3.62. The molecule has 1 rings (SSSR count). The molecule has 1 atom stereocenters. The van der Waals surface area contributed by atoms with Gasteiger partial charge in [0.2, 0.25) is 0 Å². The van der Waals surface area contributed by atoms with Crippen LogP contribution >= 0.6 is 0 Å². The molecular formula is C12H18FNO. The average molecular weight is 211 g/mol. The Bertz CT molecular complexity index is 291. The molecule has 2 N–H and O–H groups in total. The molecule has 0 bridgehead atoms. The van der Waals surface area contributed by atoms with Crippen molar-refractivity contribution in [3.8, 4) is 5.75 Å². The fourth-order valence-corrected chi connectivity index (χ4v) is 1.30. The highest BCUT2D eigenvalue weighted by Crippen LogP contribution is 2.12. The van der Waals surface area contributed by atoms with E-state index in [1.165, 1.54) is 12.1 Å². The van der Waals surface area contributed by atoms with Crippen LogP contribution in [0, 0.1) is 5.82 Å². The smallest absolute Gasteiger partial charge is 0.126 e. The number of ether oxygens (including phenoxy) is 1. The lowest BCUT2D eigenvalue weighted by Gasteiger charge is -2.09. The fraction of sp³-hybridized carbons (Fsp3) is 0.500. The molecule has 0 aliphatic rings. The van der Waals surface area contributed by atoms with Gasteiger partial charge in [-0.1, -0.05) is 13.0 Å². The van der Waals surface area contributed by atoms with E-state index >= 15 is 0 Å². The van der Waals surface area contributed by atoms with E-state index in [2.05, 4.69) is 6.92 Å². The topological polar surface area (TPSA) is 35.2 Å². The highest BCUT2D eigenvalue weighted by molar-refractivity contribution is 5.22. The van der Waals surface area contributed by atoms with Gasteiger partial charge >= 0.3 is 0 Å². The minimum atomic E-state index is -0.266. The maximum Gasteiger partial charge on any atom is 0.126 e. The molecule has 0 aromatic heterocycles. The van der Waals surface area contributed by atoms with E-state index in [0.717, 1.165) is 19.3 Å². The summed E-state index contributed by atoms with van der Waals surface area (Å²) >= 11 is 0. The zero-order valence-corrected chi connectivity index (χ0v) is 9.08. The van der Waals surface area contributed by atoms with Gasteiger partial charge in [0, 0.05) is 12.1 Å². The molecule has 1 aromatic rings. The summed E-state index contributed by atoms with van der Waals surface area (Å²) < 4.78 is 18.1. The Balaban J connectivity index is 2.20. The van der Waals surface area contributed by atoms with Crippen molar-refractivity contribution in [1.29, 1.82) is 0 Å². The first-order valence-corrected chi connectivity index (χ1v) is 5.36. The number of rotatable bonds is 6. The van der Waals surface area contributed by atoms with Crippen LogP contribution in [0.1, 0.15) is 26.2 Å². The summed E-state index contributed by atoms with van der Waals surface area (Å²) in [5.74, 6) is 0.317. The number of hydrogen-bond acceptors (Lipinski definition) is 2. The van der Waals surface area contributed by atoms with Gasteiger partial charge < -0.3 is 10.5 Å². The van der Waals surface area contributed by atoms with Crippen molar-refractivity contribution in [2.45, 2.75) is 32.2 Å². The van der Waals surface area contributed by atoms with Crippen LogP contribution in [0.2, 0.25) is 0 Å². The summed E-state index contributed by atoms with van der Waals surface area (Å²) in [5.41, 5.74) is 5.76. The normalized spacial score (nSPS) is 12.5. The van der Waals surface area contributed by atoms with Crippen LogP contribution in [0.5, 0.6) is 5.75 Å². The second-order valence-electron chi connectivity index (χ2n) is 3.62. The van der Waals surface area contributed by atoms with Crippen molar-refractivity contribution < 1.29 is 9.13 Å². The van der Waals surface area contributed by atoms with Gasteiger partial charge in [-0.2, -0.15) is 0 Å². The zero-order chi connectivity index (χ0) is 11.1. The Labute approximate surface area is 90.2 Å². The van der Waals surface area contributed by atoms with Crippen LogP contribution < -0.4 is 10.5 Å². The van der Waals surface area contributed by atoms with E-state index in [0.29, 0.717) is 12.4 Å². The van der Waals surface area contributed by atoms with E-state index in [1.54, 1.807) is 12.1 Å². The Morgan fingerprint density at radius 1 is 1.47 bits per heavy atom. The van der Waals surface area contributed by atoms with Gasteiger partial charge in [0.1, 0.15) is 11.6 Å². The zero-order valence-electron chi connectivity index (χ0n) is 9.08. The Hall–Kier alpha value is -1.09. The third-order valence-electron chi connectivity index (χ3n) is 2.31. The number of nitrogens with two attached hydrogens (primary N) is 1. The Kier molecular flexibility index (Phi) is 5.12. The summed E-state index contributed by atoms with van der Waals surface area (Å²) in [5, 5.41) is 0. The largest absolute Gasteiger partial charge is 0.493 e. The molecule has 3 heteroatoms. The first-order valence-electron chi connectivity index (χ1n) is 5.36. The van der Waals surface area contributed by atoms with E-state index in [-0.39, 0.29) is 11.9 Å². The quantitative estimate of drug-likeness (QED) is 0.734. The van der Waals surface area contributed by atoms with Crippen molar-refractivity contribution >= 4 is 0 Å². The predicted molar refractivity (Wildman–Crippen MR) is 59.4 cm³/mol. The van der Waals surface area contributed by atoms with Crippen molar-refractivity contribution in [3.05, 3.63) is 30.1 Å². The van der Waals surface area contributed by atoms with E-state index < -0.39 is 0 Å². The van der Waals surface area contributed by atoms with Crippen molar-refractivity contribution in [2.24, 2.45) is 5.73 Å². The third-order valence-corrected chi connectivity index (χ3v) is 2.31. The maximum atomic E-state index is 12.8. The van der Waals surface area contributed by atoms with E-state index in [9.17, 15) is 4.39 Å². The summed E-state index contributed by atoms with van der Waals surface area (Å²) in [4.78, 5) is 0. The van der Waals surface area contributed by atoms with Gasteiger partial charge in [-0.25, -0.2) is 4.39 Å². The van der Waals surface area contributed by atoms with Crippen LogP contribution in [0.3, 0.4) is 0 Å². The molecule has 0 radical (unpaired) electrons. The van der Waals surface area contributed by atoms with Crippen LogP contribution in [-0.4, -0.2) is 12.6 Å². The maximum absolute atomic E-state index is 12.8.